The molecule has 0 aliphatic carbocycles. The summed E-state index contributed by atoms with van der Waals surface area (Å²) < 4.78 is 0. The minimum absolute atomic E-state index is 0.107. The highest BCUT2D eigenvalue weighted by molar-refractivity contribution is 5.89. The molecular formula is C12H15N3O. The molecule has 0 atom stereocenters. The van der Waals surface area contributed by atoms with Crippen LogP contribution in [-0.2, 0) is 11.3 Å². The standard InChI is InChI=1S/C12H15N3O/c1-9(16)14-12-5-4-10(7-13)6-11(12)8-15(2)3/h4-6H,8H2,1-3H3,(H,14,16). The van der Waals surface area contributed by atoms with Crippen molar-refractivity contribution in [1.82, 2.24) is 4.90 Å². The van der Waals surface area contributed by atoms with E-state index in [9.17, 15) is 4.79 Å². The van der Waals surface area contributed by atoms with E-state index in [1.165, 1.54) is 6.92 Å². The monoisotopic (exact) mass is 217 g/mol. The summed E-state index contributed by atoms with van der Waals surface area (Å²) >= 11 is 0. The van der Waals surface area contributed by atoms with E-state index in [0.29, 0.717) is 12.1 Å². The lowest BCUT2D eigenvalue weighted by molar-refractivity contribution is -0.114. The first-order valence-electron chi connectivity index (χ1n) is 4.98. The molecule has 0 unspecified atom stereocenters. The van der Waals surface area contributed by atoms with Crippen LogP contribution in [0.1, 0.15) is 18.1 Å². The average Bonchev–Trinajstić information content (AvgIpc) is 2.19. The van der Waals surface area contributed by atoms with Crippen molar-refractivity contribution in [3.63, 3.8) is 0 Å². The lowest BCUT2D eigenvalue weighted by Crippen LogP contribution is -2.14. The van der Waals surface area contributed by atoms with Crippen LogP contribution in [0.3, 0.4) is 0 Å². The van der Waals surface area contributed by atoms with Crippen LogP contribution >= 0.6 is 0 Å². The van der Waals surface area contributed by atoms with Gasteiger partial charge in [0.1, 0.15) is 0 Å². The number of benzene rings is 1. The highest BCUT2D eigenvalue weighted by Crippen LogP contribution is 2.18. The predicted octanol–water partition coefficient (Wildman–Crippen LogP) is 1.58. The molecule has 0 saturated heterocycles. The number of nitrogens with zero attached hydrogens (tertiary/aromatic N) is 2. The van der Waals surface area contributed by atoms with Gasteiger partial charge in [-0.2, -0.15) is 5.26 Å². The Hall–Kier alpha value is -1.86. The van der Waals surface area contributed by atoms with Crippen molar-refractivity contribution in [2.75, 3.05) is 19.4 Å². The van der Waals surface area contributed by atoms with Crippen LogP contribution in [0.25, 0.3) is 0 Å². The number of hydrogen-bond donors (Lipinski definition) is 1. The predicted molar refractivity (Wildman–Crippen MR) is 62.9 cm³/mol. The topological polar surface area (TPSA) is 56.1 Å². The third kappa shape index (κ3) is 3.37. The van der Waals surface area contributed by atoms with Gasteiger partial charge >= 0.3 is 0 Å². The van der Waals surface area contributed by atoms with Gasteiger partial charge in [-0.1, -0.05) is 0 Å². The Kier molecular flexibility index (Phi) is 4.03. The van der Waals surface area contributed by atoms with E-state index in [2.05, 4.69) is 11.4 Å². The Bertz CT molecular complexity index is 432. The average molecular weight is 217 g/mol. The first kappa shape index (κ1) is 12.2. The quantitative estimate of drug-likeness (QED) is 0.836. The summed E-state index contributed by atoms with van der Waals surface area (Å²) in [5, 5.41) is 11.6. The fourth-order valence-electron chi connectivity index (χ4n) is 1.45. The van der Waals surface area contributed by atoms with Crippen molar-refractivity contribution >= 4 is 11.6 Å². The number of carbonyl (C=O) groups is 1. The second-order valence-electron chi connectivity index (χ2n) is 3.90. The maximum Gasteiger partial charge on any atom is 0.221 e. The van der Waals surface area contributed by atoms with Gasteiger partial charge in [0.15, 0.2) is 0 Å². The molecule has 0 fully saturated rings. The molecule has 0 aliphatic heterocycles. The second kappa shape index (κ2) is 5.29. The summed E-state index contributed by atoms with van der Waals surface area (Å²) in [6.07, 6.45) is 0. The summed E-state index contributed by atoms with van der Waals surface area (Å²) in [5.74, 6) is -0.107. The molecule has 4 heteroatoms. The molecule has 0 saturated carbocycles. The third-order valence-electron chi connectivity index (χ3n) is 2.03. The summed E-state index contributed by atoms with van der Waals surface area (Å²) in [5.41, 5.74) is 2.31. The van der Waals surface area contributed by atoms with E-state index in [1.54, 1.807) is 18.2 Å². The number of nitrogens with one attached hydrogen (secondary N) is 1. The van der Waals surface area contributed by atoms with Crippen LogP contribution < -0.4 is 5.32 Å². The summed E-state index contributed by atoms with van der Waals surface area (Å²) in [7, 11) is 3.88. The number of amides is 1. The number of carbonyl (C=O) groups excluding carboxylic acids is 1. The lowest BCUT2D eigenvalue weighted by atomic mass is 10.1. The largest absolute Gasteiger partial charge is 0.326 e. The van der Waals surface area contributed by atoms with Gasteiger partial charge in [0.2, 0.25) is 5.91 Å². The molecule has 4 nitrogen and oxygen atoms in total. The molecule has 1 N–H and O–H groups in total. The molecule has 0 aromatic heterocycles. The highest BCUT2D eigenvalue weighted by atomic mass is 16.1. The van der Waals surface area contributed by atoms with Crippen molar-refractivity contribution in [2.24, 2.45) is 0 Å². The van der Waals surface area contributed by atoms with Crippen molar-refractivity contribution in [3.8, 4) is 6.07 Å². The molecule has 16 heavy (non-hydrogen) atoms. The summed E-state index contributed by atoms with van der Waals surface area (Å²) in [6.45, 7) is 2.16. The number of rotatable bonds is 3. The Morgan fingerprint density at radius 1 is 1.50 bits per heavy atom. The molecule has 1 rings (SSSR count). The summed E-state index contributed by atoms with van der Waals surface area (Å²) in [6, 6.07) is 7.35. The van der Waals surface area contributed by atoms with Gasteiger partial charge in [0.05, 0.1) is 11.6 Å². The van der Waals surface area contributed by atoms with Crippen LogP contribution in [-0.4, -0.2) is 24.9 Å². The van der Waals surface area contributed by atoms with Crippen molar-refractivity contribution < 1.29 is 4.79 Å². The first-order valence-corrected chi connectivity index (χ1v) is 4.98. The van der Waals surface area contributed by atoms with Crippen LogP contribution in [0.4, 0.5) is 5.69 Å². The molecule has 0 heterocycles. The van der Waals surface area contributed by atoms with Gasteiger partial charge in [0, 0.05) is 19.2 Å². The van der Waals surface area contributed by atoms with Crippen LogP contribution in [0.2, 0.25) is 0 Å². The highest BCUT2D eigenvalue weighted by Gasteiger charge is 2.06. The maximum atomic E-state index is 11.0. The van der Waals surface area contributed by atoms with E-state index < -0.39 is 0 Å². The molecular weight excluding hydrogens is 202 g/mol. The molecule has 84 valence electrons. The van der Waals surface area contributed by atoms with Gasteiger partial charge in [0.25, 0.3) is 0 Å². The Morgan fingerprint density at radius 3 is 2.69 bits per heavy atom. The van der Waals surface area contributed by atoms with Crippen LogP contribution in [0, 0.1) is 11.3 Å². The van der Waals surface area contributed by atoms with Gasteiger partial charge in [-0.15, -0.1) is 0 Å². The van der Waals surface area contributed by atoms with Crippen molar-refractivity contribution in [3.05, 3.63) is 29.3 Å². The van der Waals surface area contributed by atoms with Crippen LogP contribution in [0.15, 0.2) is 18.2 Å². The molecule has 0 spiro atoms. The second-order valence-corrected chi connectivity index (χ2v) is 3.90. The zero-order chi connectivity index (χ0) is 12.1. The maximum absolute atomic E-state index is 11.0. The molecule has 1 aromatic carbocycles. The van der Waals surface area contributed by atoms with Gasteiger partial charge in [-0.3, -0.25) is 4.79 Å². The lowest BCUT2D eigenvalue weighted by Gasteiger charge is -2.14. The fourth-order valence-corrected chi connectivity index (χ4v) is 1.45. The normalized spacial score (nSPS) is 9.94. The smallest absolute Gasteiger partial charge is 0.221 e. The van der Waals surface area contributed by atoms with Crippen molar-refractivity contribution in [1.29, 1.82) is 5.26 Å². The molecule has 0 bridgehead atoms. The Balaban J connectivity index is 3.06. The van der Waals surface area contributed by atoms with E-state index in [4.69, 9.17) is 5.26 Å². The molecule has 1 amide bonds. The van der Waals surface area contributed by atoms with E-state index in [-0.39, 0.29) is 5.91 Å². The van der Waals surface area contributed by atoms with E-state index >= 15 is 0 Å². The number of nitriles is 1. The van der Waals surface area contributed by atoms with Crippen LogP contribution in [0.5, 0.6) is 0 Å². The molecule has 0 radical (unpaired) electrons. The Labute approximate surface area is 95.5 Å². The molecule has 0 aliphatic rings. The minimum atomic E-state index is -0.107. The van der Waals surface area contributed by atoms with Gasteiger partial charge < -0.3 is 10.2 Å². The fraction of sp³-hybridized carbons (Fsp3) is 0.333. The third-order valence-corrected chi connectivity index (χ3v) is 2.03. The SMILES string of the molecule is CC(=O)Nc1ccc(C#N)cc1CN(C)C. The number of anilines is 1. The van der Waals surface area contributed by atoms with E-state index in [1.807, 2.05) is 19.0 Å². The summed E-state index contributed by atoms with van der Waals surface area (Å²) in [4.78, 5) is 13.0. The minimum Gasteiger partial charge on any atom is -0.326 e. The van der Waals surface area contributed by atoms with E-state index in [0.717, 1.165) is 11.3 Å². The zero-order valence-corrected chi connectivity index (χ0v) is 9.74. The Morgan fingerprint density at radius 2 is 2.19 bits per heavy atom. The molecule has 1 aromatic rings. The first-order chi connectivity index (χ1) is 7.52. The van der Waals surface area contributed by atoms with Crippen molar-refractivity contribution in [2.45, 2.75) is 13.5 Å². The van der Waals surface area contributed by atoms with Gasteiger partial charge in [-0.25, -0.2) is 0 Å². The number of hydrogen-bond acceptors (Lipinski definition) is 3. The zero-order valence-electron chi connectivity index (χ0n) is 9.74. The van der Waals surface area contributed by atoms with Gasteiger partial charge in [-0.05, 0) is 37.9 Å².